The molecule has 0 aliphatic heterocycles. The van der Waals surface area contributed by atoms with Gasteiger partial charge in [0.05, 0.1) is 49.8 Å². The maximum atomic E-state index is 11.5. The molecule has 0 rings (SSSR count). The molecule has 56 heavy (non-hydrogen) atoms. The van der Waals surface area contributed by atoms with Gasteiger partial charge in [0.25, 0.3) is 0 Å². The predicted octanol–water partition coefficient (Wildman–Crippen LogP) is 9.01. The summed E-state index contributed by atoms with van der Waals surface area (Å²) in [6.07, 6.45) is 6.33. The van der Waals surface area contributed by atoms with Crippen LogP contribution in [0.1, 0.15) is 156 Å². The molecule has 336 valence electrons. The van der Waals surface area contributed by atoms with Crippen molar-refractivity contribution in [1.82, 2.24) is 9.80 Å². The second-order valence-electron chi connectivity index (χ2n) is 15.8. The number of amides is 2. The third-order valence-electron chi connectivity index (χ3n) is 9.70. The lowest BCUT2D eigenvalue weighted by atomic mass is 9.91. The molecule has 0 aromatic rings. The highest BCUT2D eigenvalue weighted by Crippen LogP contribution is 2.22. The van der Waals surface area contributed by atoms with E-state index in [4.69, 9.17) is 18.9 Å². The summed E-state index contributed by atoms with van der Waals surface area (Å²) in [5, 5.41) is 0. The first-order valence-electron chi connectivity index (χ1n) is 20.9. The highest BCUT2D eigenvalue weighted by molar-refractivity contribution is 5.78. The van der Waals surface area contributed by atoms with Gasteiger partial charge in [-0.25, -0.2) is 0 Å². The van der Waals surface area contributed by atoms with Gasteiger partial charge in [-0.05, 0) is 93.9 Å². The van der Waals surface area contributed by atoms with Crippen molar-refractivity contribution in [1.29, 1.82) is 0 Å². The Morgan fingerprint density at radius 3 is 1.20 bits per heavy atom. The number of methoxy groups -OCH3 is 2. The van der Waals surface area contributed by atoms with Gasteiger partial charge in [-0.3, -0.25) is 24.0 Å². The molecule has 0 aliphatic rings. The van der Waals surface area contributed by atoms with E-state index in [0.717, 1.165) is 58.0 Å². The van der Waals surface area contributed by atoms with Crippen LogP contribution in [0.3, 0.4) is 0 Å². The summed E-state index contributed by atoms with van der Waals surface area (Å²) in [6, 6.07) is 0. The molecule has 0 aliphatic carbocycles. The molecular formula is C44H90N2O10. The van der Waals surface area contributed by atoms with Crippen LogP contribution in [0.25, 0.3) is 0 Å². The van der Waals surface area contributed by atoms with Crippen LogP contribution in [0, 0.1) is 28.1 Å². The first-order valence-corrected chi connectivity index (χ1v) is 20.9. The Hall–Kier alpha value is -2.73. The lowest BCUT2D eigenvalue weighted by Crippen LogP contribution is -2.34. The van der Waals surface area contributed by atoms with Crippen LogP contribution in [-0.2, 0) is 47.7 Å². The van der Waals surface area contributed by atoms with E-state index in [9.17, 15) is 24.0 Å². The molecule has 0 heterocycles. The molecule has 0 fully saturated rings. The van der Waals surface area contributed by atoms with Gasteiger partial charge in [-0.15, -0.1) is 0 Å². The van der Waals surface area contributed by atoms with E-state index < -0.39 is 5.41 Å². The highest BCUT2D eigenvalue weighted by Gasteiger charge is 2.28. The Bertz CT molecular complexity index is 1010. The molecule has 0 saturated heterocycles. The van der Waals surface area contributed by atoms with E-state index in [1.807, 2.05) is 109 Å². The van der Waals surface area contributed by atoms with E-state index in [1.54, 1.807) is 26.1 Å². The minimum Gasteiger partial charge on any atom is -0.469 e. The number of hydrogen-bond donors (Lipinski definition) is 0. The van der Waals surface area contributed by atoms with Crippen molar-refractivity contribution < 1.29 is 47.7 Å². The molecule has 0 radical (unpaired) electrons. The Balaban J connectivity index is -0.000000196. The lowest BCUT2D eigenvalue weighted by molar-refractivity contribution is -0.156. The summed E-state index contributed by atoms with van der Waals surface area (Å²) < 4.78 is 24.7. The van der Waals surface area contributed by atoms with Gasteiger partial charge in [0.15, 0.2) is 0 Å². The first kappa shape index (κ1) is 62.5. The van der Waals surface area contributed by atoms with Crippen LogP contribution >= 0.6 is 0 Å². The minimum absolute atomic E-state index is 0.0709. The number of hydrogen-bond acceptors (Lipinski definition) is 10. The quantitative estimate of drug-likeness (QED) is 0.0628. The van der Waals surface area contributed by atoms with Crippen molar-refractivity contribution in [2.45, 2.75) is 156 Å². The van der Waals surface area contributed by atoms with Crippen molar-refractivity contribution in [3.63, 3.8) is 0 Å². The third-order valence-corrected chi connectivity index (χ3v) is 9.70. The zero-order chi connectivity index (χ0) is 45.1. The zero-order valence-electron chi connectivity index (χ0n) is 40.0. The maximum absolute atomic E-state index is 11.5. The number of esters is 3. The van der Waals surface area contributed by atoms with Crippen LogP contribution in [-0.4, -0.2) is 114 Å². The van der Waals surface area contributed by atoms with Crippen LogP contribution < -0.4 is 0 Å². The van der Waals surface area contributed by atoms with E-state index in [-0.39, 0.29) is 52.4 Å². The molecule has 0 aromatic heterocycles. The largest absolute Gasteiger partial charge is 0.469 e. The van der Waals surface area contributed by atoms with Crippen molar-refractivity contribution in [3.05, 3.63) is 0 Å². The number of carbonyl (C=O) groups is 5. The smallest absolute Gasteiger partial charge is 0.311 e. The molecule has 2 unspecified atom stereocenters. The van der Waals surface area contributed by atoms with E-state index >= 15 is 0 Å². The normalized spacial score (nSPS) is 11.9. The van der Waals surface area contributed by atoms with Crippen LogP contribution in [0.5, 0.6) is 0 Å². The SMILES string of the molecule is CCC(C)(C)C(=O)OC.CCC(C)(C)C(=O)OCCOCCOC.CCC(C)C(=O)N(C)C.CCC(C)C(=O)N(CC)CC.CCCCOC(=O)C(C)(C)CC. The second-order valence-corrected chi connectivity index (χ2v) is 15.8. The van der Waals surface area contributed by atoms with Crippen molar-refractivity contribution >= 4 is 29.7 Å². The molecule has 0 saturated carbocycles. The van der Waals surface area contributed by atoms with Crippen molar-refractivity contribution in [2.75, 3.05) is 74.4 Å². The van der Waals surface area contributed by atoms with E-state index in [1.165, 1.54) is 7.11 Å². The topological polar surface area (TPSA) is 138 Å². The van der Waals surface area contributed by atoms with E-state index in [0.29, 0.717) is 33.0 Å². The number of unbranched alkanes of at least 4 members (excludes halogenated alkanes) is 1. The predicted molar refractivity (Wildman–Crippen MR) is 229 cm³/mol. The van der Waals surface area contributed by atoms with E-state index in [2.05, 4.69) is 11.7 Å². The van der Waals surface area contributed by atoms with Gasteiger partial charge < -0.3 is 33.5 Å². The summed E-state index contributed by atoms with van der Waals surface area (Å²) >= 11 is 0. The Labute approximate surface area is 344 Å². The fourth-order valence-electron chi connectivity index (χ4n) is 3.48. The minimum atomic E-state index is -0.396. The highest BCUT2D eigenvalue weighted by atomic mass is 16.6. The van der Waals surface area contributed by atoms with Gasteiger partial charge in [0, 0.05) is 46.1 Å². The van der Waals surface area contributed by atoms with Crippen molar-refractivity contribution in [3.8, 4) is 0 Å². The Kier molecular flexibility index (Phi) is 40.8. The van der Waals surface area contributed by atoms with Gasteiger partial charge >= 0.3 is 17.9 Å². The van der Waals surface area contributed by atoms with Crippen LogP contribution in [0.4, 0.5) is 0 Å². The average molecular weight is 807 g/mol. The molecule has 12 heteroatoms. The summed E-state index contributed by atoms with van der Waals surface area (Å²) in [4.78, 5) is 59.7. The molecule has 12 nitrogen and oxygen atoms in total. The molecular weight excluding hydrogens is 716 g/mol. The fourth-order valence-corrected chi connectivity index (χ4v) is 3.48. The Morgan fingerprint density at radius 2 is 0.911 bits per heavy atom. The molecule has 0 aromatic carbocycles. The molecule has 2 atom stereocenters. The second kappa shape index (κ2) is 36.6. The molecule has 2 amide bonds. The monoisotopic (exact) mass is 807 g/mol. The molecule has 0 N–H and O–H groups in total. The summed E-state index contributed by atoms with van der Waals surface area (Å²) in [5.41, 5.74) is -1.02. The van der Waals surface area contributed by atoms with Gasteiger partial charge in [-0.2, -0.15) is 0 Å². The maximum Gasteiger partial charge on any atom is 0.311 e. The number of nitrogens with zero attached hydrogens (tertiary/aromatic N) is 2. The Morgan fingerprint density at radius 1 is 0.536 bits per heavy atom. The molecule has 0 bridgehead atoms. The third kappa shape index (κ3) is 32.4. The fraction of sp³-hybridized carbons (Fsp3) is 0.886. The first-order chi connectivity index (χ1) is 25.9. The average Bonchev–Trinajstić information content (AvgIpc) is 3.18. The van der Waals surface area contributed by atoms with Gasteiger partial charge in [0.2, 0.25) is 11.8 Å². The lowest BCUT2D eigenvalue weighted by Gasteiger charge is -2.21. The van der Waals surface area contributed by atoms with Crippen LogP contribution in [0.15, 0.2) is 0 Å². The zero-order valence-corrected chi connectivity index (χ0v) is 40.0. The standard InChI is InChI=1S/C11H22O4.C10H20O2.C9H19NO.C7H15NO.C7H14O2/c1-5-11(2,3)10(12)15-9-8-14-7-6-13-4;1-5-7-8-12-9(11)10(3,4)6-2;1-5-8(4)9(11)10(6-2)7-3;1-5-6(2)7(9)8(3)4;1-5-7(2,3)6(8)9-4/h5-9H2,1-4H3;5-8H2,1-4H3;8H,5-7H2,1-4H3;6H,5H2,1-4H3;5H2,1-4H3. The molecule has 0 spiro atoms. The van der Waals surface area contributed by atoms with Gasteiger partial charge in [-0.1, -0.05) is 61.8 Å². The number of carbonyl (C=O) groups excluding carboxylic acids is 5. The summed E-state index contributed by atoms with van der Waals surface area (Å²) in [7, 11) is 6.61. The summed E-state index contributed by atoms with van der Waals surface area (Å²) in [6.45, 7) is 35.5. The van der Waals surface area contributed by atoms with Gasteiger partial charge in [0.1, 0.15) is 6.61 Å². The number of rotatable bonds is 21. The van der Waals surface area contributed by atoms with Crippen LogP contribution in [0.2, 0.25) is 0 Å². The summed E-state index contributed by atoms with van der Waals surface area (Å²) in [5.74, 6) is 0.508. The number of ether oxygens (including phenoxy) is 5. The van der Waals surface area contributed by atoms with Crippen molar-refractivity contribution in [2.24, 2.45) is 28.1 Å².